The number of unbranched alkanes of at least 4 members (excludes halogenated alkanes) is 1. The third-order valence-electron chi connectivity index (χ3n) is 2.48. The normalized spacial score (nSPS) is 10.3. The third kappa shape index (κ3) is 5.26. The second-order valence-electron chi connectivity index (χ2n) is 4.03. The number of carbonyl (C=O) groups excluding carboxylic acids is 1. The topological polar surface area (TPSA) is 78.7 Å². The summed E-state index contributed by atoms with van der Waals surface area (Å²) in [5, 5.41) is 10.8. The molecule has 0 saturated heterocycles. The first kappa shape index (κ1) is 16.6. The zero-order valence-corrected chi connectivity index (χ0v) is 12.7. The van der Waals surface area contributed by atoms with Crippen molar-refractivity contribution in [3.05, 3.63) is 38.3 Å². The average molecular weight is 346 g/mol. The molecular formula is C13H16BrNO5. The molecule has 6 nitrogen and oxygen atoms in total. The van der Waals surface area contributed by atoms with Crippen molar-refractivity contribution in [3.63, 3.8) is 0 Å². The Bertz CT molecular complexity index is 478. The Hall–Kier alpha value is -1.47. The molecule has 0 aromatic heterocycles. The predicted molar refractivity (Wildman–Crippen MR) is 76.8 cm³/mol. The van der Waals surface area contributed by atoms with Crippen molar-refractivity contribution in [1.29, 1.82) is 0 Å². The number of hydrogen-bond donors (Lipinski definition) is 0. The van der Waals surface area contributed by atoms with E-state index in [4.69, 9.17) is 9.47 Å². The van der Waals surface area contributed by atoms with Crippen LogP contribution in [0.25, 0.3) is 0 Å². The van der Waals surface area contributed by atoms with Gasteiger partial charge in [0.15, 0.2) is 0 Å². The molecule has 7 heteroatoms. The molecule has 110 valence electrons. The van der Waals surface area contributed by atoms with Crippen molar-refractivity contribution >= 4 is 27.6 Å². The van der Waals surface area contributed by atoms with Crippen LogP contribution >= 0.6 is 15.9 Å². The zero-order valence-electron chi connectivity index (χ0n) is 11.1. The van der Waals surface area contributed by atoms with Gasteiger partial charge in [0.1, 0.15) is 6.61 Å². The van der Waals surface area contributed by atoms with Gasteiger partial charge in [-0.25, -0.2) is 4.79 Å². The lowest BCUT2D eigenvalue weighted by atomic mass is 10.2. The number of halogens is 1. The van der Waals surface area contributed by atoms with E-state index in [1.54, 1.807) is 0 Å². The smallest absolute Gasteiger partial charge is 0.338 e. The van der Waals surface area contributed by atoms with Crippen molar-refractivity contribution in [1.82, 2.24) is 0 Å². The average Bonchev–Trinajstić information content (AvgIpc) is 2.42. The zero-order chi connectivity index (χ0) is 15.0. The molecule has 0 aliphatic carbocycles. The van der Waals surface area contributed by atoms with Gasteiger partial charge in [-0.3, -0.25) is 10.1 Å². The molecule has 0 bridgehead atoms. The number of carbonyl (C=O) groups is 1. The molecule has 0 N–H and O–H groups in total. The largest absolute Gasteiger partial charge is 0.460 e. The highest BCUT2D eigenvalue weighted by Gasteiger charge is 2.16. The van der Waals surface area contributed by atoms with Crippen LogP contribution in [0.3, 0.4) is 0 Å². The monoisotopic (exact) mass is 345 g/mol. The maximum absolute atomic E-state index is 11.7. The maximum atomic E-state index is 11.7. The van der Waals surface area contributed by atoms with Crippen molar-refractivity contribution in [2.24, 2.45) is 0 Å². The van der Waals surface area contributed by atoms with Gasteiger partial charge in [0, 0.05) is 12.7 Å². The van der Waals surface area contributed by atoms with Crippen LogP contribution in [0, 0.1) is 10.1 Å². The van der Waals surface area contributed by atoms with Gasteiger partial charge in [0.25, 0.3) is 5.69 Å². The van der Waals surface area contributed by atoms with E-state index in [0.29, 0.717) is 17.7 Å². The first-order chi connectivity index (χ1) is 9.56. The second-order valence-corrected chi connectivity index (χ2v) is 4.88. The number of nitrogens with zero attached hydrogens (tertiary/aromatic N) is 1. The Morgan fingerprint density at radius 3 is 2.75 bits per heavy atom. The molecule has 20 heavy (non-hydrogen) atoms. The van der Waals surface area contributed by atoms with Gasteiger partial charge in [0.2, 0.25) is 0 Å². The minimum absolute atomic E-state index is 0.131. The van der Waals surface area contributed by atoms with Crippen LogP contribution in [0.5, 0.6) is 0 Å². The van der Waals surface area contributed by atoms with Gasteiger partial charge in [-0.05, 0) is 34.5 Å². The quantitative estimate of drug-likeness (QED) is 0.312. The molecule has 0 heterocycles. The number of nitro groups is 1. The number of esters is 1. The van der Waals surface area contributed by atoms with E-state index in [2.05, 4.69) is 22.9 Å². The molecule has 1 aromatic rings. The third-order valence-corrected chi connectivity index (χ3v) is 3.15. The molecule has 0 amide bonds. The fourth-order valence-electron chi connectivity index (χ4n) is 1.40. The van der Waals surface area contributed by atoms with E-state index < -0.39 is 10.9 Å². The number of benzene rings is 1. The van der Waals surface area contributed by atoms with Crippen LogP contribution < -0.4 is 0 Å². The standard InChI is InChI=1S/C13H16BrNO5/c1-2-3-6-19-7-8-20-13(16)10-4-5-11(14)12(9-10)15(17)18/h4-5,9H,2-3,6-8H2,1H3. The highest BCUT2D eigenvalue weighted by atomic mass is 79.9. The summed E-state index contributed by atoms with van der Waals surface area (Å²) in [6.07, 6.45) is 2.01. The fourth-order valence-corrected chi connectivity index (χ4v) is 1.80. The molecule has 0 spiro atoms. The molecule has 0 atom stereocenters. The molecule has 0 aliphatic heterocycles. The van der Waals surface area contributed by atoms with Gasteiger partial charge in [-0.1, -0.05) is 13.3 Å². The van der Waals surface area contributed by atoms with Gasteiger partial charge >= 0.3 is 5.97 Å². The summed E-state index contributed by atoms with van der Waals surface area (Å²) in [6, 6.07) is 4.11. The SMILES string of the molecule is CCCCOCCOC(=O)c1ccc(Br)c([N+](=O)[O-])c1. The van der Waals surface area contributed by atoms with Gasteiger partial charge in [-0.2, -0.15) is 0 Å². The first-order valence-electron chi connectivity index (χ1n) is 6.25. The van der Waals surface area contributed by atoms with Crippen molar-refractivity contribution in [2.75, 3.05) is 19.8 Å². The van der Waals surface area contributed by atoms with E-state index in [-0.39, 0.29) is 17.9 Å². The molecule has 0 radical (unpaired) electrons. The van der Waals surface area contributed by atoms with E-state index in [9.17, 15) is 14.9 Å². The maximum Gasteiger partial charge on any atom is 0.338 e. The van der Waals surface area contributed by atoms with Crippen LogP contribution in [0.2, 0.25) is 0 Å². The Labute approximate surface area is 125 Å². The van der Waals surface area contributed by atoms with E-state index in [1.165, 1.54) is 18.2 Å². The van der Waals surface area contributed by atoms with Gasteiger partial charge < -0.3 is 9.47 Å². The van der Waals surface area contributed by atoms with Crippen LogP contribution in [0.15, 0.2) is 22.7 Å². The number of hydrogen-bond acceptors (Lipinski definition) is 5. The number of rotatable bonds is 8. The van der Waals surface area contributed by atoms with Crippen LogP contribution in [-0.2, 0) is 9.47 Å². The van der Waals surface area contributed by atoms with Crippen LogP contribution in [-0.4, -0.2) is 30.7 Å². The van der Waals surface area contributed by atoms with Crippen molar-refractivity contribution < 1.29 is 19.2 Å². The molecule has 0 aliphatic rings. The van der Waals surface area contributed by atoms with Crippen LogP contribution in [0.4, 0.5) is 5.69 Å². The Balaban J connectivity index is 2.47. The number of nitro benzene ring substituents is 1. The summed E-state index contributed by atoms with van der Waals surface area (Å²) < 4.78 is 10.6. The first-order valence-corrected chi connectivity index (χ1v) is 7.04. The predicted octanol–water partition coefficient (Wildman–Crippen LogP) is 3.33. The highest BCUT2D eigenvalue weighted by Crippen LogP contribution is 2.25. The van der Waals surface area contributed by atoms with E-state index in [1.807, 2.05) is 0 Å². The molecule has 0 saturated carbocycles. The van der Waals surface area contributed by atoms with E-state index >= 15 is 0 Å². The Morgan fingerprint density at radius 2 is 2.10 bits per heavy atom. The van der Waals surface area contributed by atoms with Gasteiger partial charge in [-0.15, -0.1) is 0 Å². The van der Waals surface area contributed by atoms with Crippen LogP contribution in [0.1, 0.15) is 30.1 Å². The summed E-state index contributed by atoms with van der Waals surface area (Å²) in [6.45, 7) is 3.15. The fraction of sp³-hybridized carbons (Fsp3) is 0.462. The number of ether oxygens (including phenoxy) is 2. The molecule has 1 aromatic carbocycles. The summed E-state index contributed by atoms with van der Waals surface area (Å²) in [4.78, 5) is 21.9. The summed E-state index contributed by atoms with van der Waals surface area (Å²) in [5.41, 5.74) is -0.0212. The molecule has 0 fully saturated rings. The van der Waals surface area contributed by atoms with Gasteiger partial charge in [0.05, 0.1) is 21.6 Å². The lowest BCUT2D eigenvalue weighted by Crippen LogP contribution is -2.11. The second kappa shape index (κ2) is 8.65. The molecule has 1 rings (SSSR count). The summed E-state index contributed by atoms with van der Waals surface area (Å²) in [5.74, 6) is -0.598. The summed E-state index contributed by atoms with van der Waals surface area (Å²) in [7, 11) is 0. The molecule has 0 unspecified atom stereocenters. The Kier molecular flexibility index (Phi) is 7.17. The van der Waals surface area contributed by atoms with Crippen molar-refractivity contribution in [2.45, 2.75) is 19.8 Å². The molecular weight excluding hydrogens is 330 g/mol. The lowest BCUT2D eigenvalue weighted by molar-refractivity contribution is -0.385. The Morgan fingerprint density at radius 1 is 1.35 bits per heavy atom. The summed E-state index contributed by atoms with van der Waals surface area (Å²) >= 11 is 3.05. The minimum atomic E-state index is -0.598. The minimum Gasteiger partial charge on any atom is -0.460 e. The van der Waals surface area contributed by atoms with Crippen molar-refractivity contribution in [3.8, 4) is 0 Å². The lowest BCUT2D eigenvalue weighted by Gasteiger charge is -2.06. The highest BCUT2D eigenvalue weighted by molar-refractivity contribution is 9.10. The van der Waals surface area contributed by atoms with E-state index in [0.717, 1.165) is 12.8 Å².